The van der Waals surface area contributed by atoms with Crippen molar-refractivity contribution in [2.75, 3.05) is 7.11 Å². The molecule has 1 aliphatic heterocycles. The average Bonchev–Trinajstić information content (AvgIpc) is 2.86. The fraction of sp³-hybridized carbons (Fsp3) is 0.444. The van der Waals surface area contributed by atoms with E-state index in [4.69, 9.17) is 9.47 Å². The normalized spacial score (nSPS) is 19.1. The summed E-state index contributed by atoms with van der Waals surface area (Å²) >= 11 is 0. The molecule has 144 valence electrons. The van der Waals surface area contributed by atoms with Crippen LogP contribution in [0, 0.1) is 5.92 Å². The first-order valence-electron chi connectivity index (χ1n) is 8.25. The van der Waals surface area contributed by atoms with Crippen LogP contribution in [0.2, 0.25) is 0 Å². The molecule has 0 saturated carbocycles. The van der Waals surface area contributed by atoms with Gasteiger partial charge in [-0.3, -0.25) is 14.4 Å². The summed E-state index contributed by atoms with van der Waals surface area (Å²) in [6.45, 7) is 7.66. The van der Waals surface area contributed by atoms with Crippen molar-refractivity contribution in [3.8, 4) is 5.75 Å². The van der Waals surface area contributed by atoms with E-state index in [2.05, 4.69) is 9.98 Å². The zero-order valence-electron chi connectivity index (χ0n) is 16.0. The van der Waals surface area contributed by atoms with Crippen molar-refractivity contribution in [1.29, 1.82) is 0 Å². The number of carbonyl (C=O) groups is 4. The Morgan fingerprint density at radius 1 is 1.22 bits per heavy atom. The number of rotatable bonds is 4. The molecule has 1 aliphatic rings. The summed E-state index contributed by atoms with van der Waals surface area (Å²) in [5.74, 6) is -2.64. The van der Waals surface area contributed by atoms with E-state index in [-0.39, 0.29) is 28.8 Å². The standard InChI is InChI=1S/C18H21N3O6/c1-9(2)18(5)17(25)21(10(3)22)15(20-18)14-13(16(24)26-6)7-12(8-19-14)27-11(4)23/h7-9H,1-6H3. The molecule has 0 aromatic carbocycles. The van der Waals surface area contributed by atoms with Crippen molar-refractivity contribution in [3.05, 3.63) is 23.5 Å². The SMILES string of the molecule is COC(=O)c1cc(OC(C)=O)cnc1C1=NC(C)(C(C)C)C(=O)N1C(C)=O. The smallest absolute Gasteiger partial charge is 0.340 e. The molecule has 0 aliphatic carbocycles. The van der Waals surface area contributed by atoms with Crippen molar-refractivity contribution in [2.45, 2.75) is 40.2 Å². The number of ether oxygens (including phenoxy) is 2. The minimum atomic E-state index is -1.18. The van der Waals surface area contributed by atoms with Crippen LogP contribution in [0.15, 0.2) is 17.3 Å². The van der Waals surface area contributed by atoms with E-state index in [9.17, 15) is 19.2 Å². The van der Waals surface area contributed by atoms with E-state index in [1.807, 2.05) is 0 Å². The predicted molar refractivity (Wildman–Crippen MR) is 94.2 cm³/mol. The van der Waals surface area contributed by atoms with Crippen molar-refractivity contribution in [1.82, 2.24) is 9.88 Å². The Balaban J connectivity index is 2.70. The molecule has 2 rings (SSSR count). The number of amides is 2. The summed E-state index contributed by atoms with van der Waals surface area (Å²) in [4.78, 5) is 57.8. The van der Waals surface area contributed by atoms with Gasteiger partial charge in [0.15, 0.2) is 5.84 Å². The Morgan fingerprint density at radius 3 is 2.33 bits per heavy atom. The van der Waals surface area contributed by atoms with Crippen molar-refractivity contribution in [3.63, 3.8) is 0 Å². The van der Waals surface area contributed by atoms with Crippen LogP contribution in [-0.2, 0) is 19.1 Å². The zero-order valence-corrected chi connectivity index (χ0v) is 16.0. The molecule has 0 bridgehead atoms. The lowest BCUT2D eigenvalue weighted by atomic mass is 9.89. The lowest BCUT2D eigenvalue weighted by Crippen LogP contribution is -2.46. The number of aliphatic imine (C=N–C) groups is 1. The summed E-state index contributed by atoms with van der Waals surface area (Å²) in [6, 6.07) is 1.26. The Hall–Kier alpha value is -3.10. The van der Waals surface area contributed by atoms with Gasteiger partial charge in [-0.05, 0) is 18.9 Å². The van der Waals surface area contributed by atoms with E-state index in [1.165, 1.54) is 33.2 Å². The van der Waals surface area contributed by atoms with Crippen molar-refractivity contribution >= 4 is 29.6 Å². The highest BCUT2D eigenvalue weighted by Crippen LogP contribution is 2.33. The monoisotopic (exact) mass is 375 g/mol. The Labute approximate surface area is 156 Å². The van der Waals surface area contributed by atoms with Crippen molar-refractivity contribution in [2.24, 2.45) is 10.9 Å². The third-order valence-electron chi connectivity index (χ3n) is 4.37. The van der Waals surface area contributed by atoms with Crippen LogP contribution < -0.4 is 4.74 Å². The van der Waals surface area contributed by atoms with Gasteiger partial charge in [-0.1, -0.05) is 13.8 Å². The first kappa shape index (κ1) is 20.2. The number of methoxy groups -OCH3 is 1. The Morgan fingerprint density at radius 2 is 1.85 bits per heavy atom. The molecule has 9 nitrogen and oxygen atoms in total. The number of hydrogen-bond acceptors (Lipinski definition) is 8. The maximum absolute atomic E-state index is 12.8. The van der Waals surface area contributed by atoms with Gasteiger partial charge >= 0.3 is 11.9 Å². The molecule has 1 aromatic rings. The number of esters is 2. The maximum Gasteiger partial charge on any atom is 0.340 e. The summed E-state index contributed by atoms with van der Waals surface area (Å²) in [7, 11) is 1.17. The summed E-state index contributed by atoms with van der Waals surface area (Å²) in [5.41, 5.74) is -1.27. The molecule has 1 unspecified atom stereocenters. The second-order valence-corrected chi connectivity index (χ2v) is 6.55. The minimum absolute atomic E-state index is 0.00863. The number of aromatic nitrogens is 1. The van der Waals surface area contributed by atoms with Gasteiger partial charge in [-0.2, -0.15) is 0 Å². The Kier molecular flexibility index (Phi) is 5.43. The summed E-state index contributed by atoms with van der Waals surface area (Å²) in [6.07, 6.45) is 1.21. The van der Waals surface area contributed by atoms with E-state index >= 15 is 0 Å². The highest BCUT2D eigenvalue weighted by atomic mass is 16.5. The third kappa shape index (κ3) is 3.57. The van der Waals surface area contributed by atoms with E-state index in [0.29, 0.717) is 0 Å². The van der Waals surface area contributed by atoms with Crippen LogP contribution in [0.1, 0.15) is 50.7 Å². The molecular formula is C18H21N3O6. The third-order valence-corrected chi connectivity index (χ3v) is 4.37. The second kappa shape index (κ2) is 7.26. The molecule has 0 spiro atoms. The van der Waals surface area contributed by atoms with Gasteiger partial charge in [-0.25, -0.2) is 19.7 Å². The number of imide groups is 1. The molecule has 0 saturated heterocycles. The number of amidine groups is 1. The number of carbonyl (C=O) groups excluding carboxylic acids is 4. The highest BCUT2D eigenvalue weighted by molar-refractivity contribution is 6.25. The molecule has 27 heavy (non-hydrogen) atoms. The Bertz CT molecular complexity index is 861. The van der Waals surface area contributed by atoms with Crippen LogP contribution in [0.3, 0.4) is 0 Å². The molecule has 1 atom stereocenters. The summed E-state index contributed by atoms with van der Waals surface area (Å²) in [5, 5.41) is 0. The fourth-order valence-electron chi connectivity index (χ4n) is 2.58. The zero-order chi connectivity index (χ0) is 20.5. The highest BCUT2D eigenvalue weighted by Gasteiger charge is 2.49. The van der Waals surface area contributed by atoms with Crippen LogP contribution in [0.5, 0.6) is 5.75 Å². The number of nitrogens with zero attached hydrogens (tertiary/aromatic N) is 3. The van der Waals surface area contributed by atoms with Gasteiger partial charge < -0.3 is 9.47 Å². The van der Waals surface area contributed by atoms with Crippen LogP contribution >= 0.6 is 0 Å². The molecule has 2 heterocycles. The molecule has 1 aromatic heterocycles. The lowest BCUT2D eigenvalue weighted by molar-refractivity contribution is -0.141. The van der Waals surface area contributed by atoms with E-state index in [0.717, 1.165) is 4.90 Å². The van der Waals surface area contributed by atoms with Gasteiger partial charge in [0.05, 0.1) is 18.9 Å². The van der Waals surface area contributed by atoms with Crippen LogP contribution in [-0.4, -0.2) is 52.1 Å². The quantitative estimate of drug-likeness (QED) is 0.729. The predicted octanol–water partition coefficient (Wildman–Crippen LogP) is 1.34. The fourth-order valence-corrected chi connectivity index (χ4v) is 2.58. The largest absolute Gasteiger partial charge is 0.465 e. The van der Waals surface area contributed by atoms with Gasteiger partial charge in [0.2, 0.25) is 5.91 Å². The minimum Gasteiger partial charge on any atom is -0.465 e. The molecule has 0 fully saturated rings. The first-order chi connectivity index (χ1) is 12.5. The second-order valence-electron chi connectivity index (χ2n) is 6.55. The molecule has 0 N–H and O–H groups in total. The van der Waals surface area contributed by atoms with Crippen LogP contribution in [0.25, 0.3) is 0 Å². The van der Waals surface area contributed by atoms with Gasteiger partial charge in [-0.15, -0.1) is 0 Å². The molecule has 9 heteroatoms. The molecule has 0 radical (unpaired) electrons. The van der Waals surface area contributed by atoms with Crippen LogP contribution in [0.4, 0.5) is 0 Å². The maximum atomic E-state index is 12.8. The average molecular weight is 375 g/mol. The molecular weight excluding hydrogens is 354 g/mol. The topological polar surface area (TPSA) is 115 Å². The van der Waals surface area contributed by atoms with Gasteiger partial charge in [0.1, 0.15) is 17.0 Å². The first-order valence-corrected chi connectivity index (χ1v) is 8.25. The van der Waals surface area contributed by atoms with Gasteiger partial charge in [0.25, 0.3) is 5.91 Å². The van der Waals surface area contributed by atoms with E-state index < -0.39 is 29.3 Å². The van der Waals surface area contributed by atoms with E-state index in [1.54, 1.807) is 20.8 Å². The number of hydrogen-bond donors (Lipinski definition) is 0. The van der Waals surface area contributed by atoms with Crippen molar-refractivity contribution < 1.29 is 28.7 Å². The molecule has 2 amide bonds. The van der Waals surface area contributed by atoms with Gasteiger partial charge in [0, 0.05) is 13.8 Å². The summed E-state index contributed by atoms with van der Waals surface area (Å²) < 4.78 is 9.70. The lowest BCUT2D eigenvalue weighted by Gasteiger charge is -2.24. The number of pyridine rings is 1.